The van der Waals surface area contributed by atoms with E-state index in [9.17, 15) is 9.59 Å². The van der Waals surface area contributed by atoms with Crippen molar-refractivity contribution in [1.82, 2.24) is 10.2 Å². The standard InChI is InChI=1S/C20H24N2O2/c1-15(23)21-12-11-20(24)22-13-5-9-18(22)14-17-8-4-7-16-6-2-3-10-19(16)17/h2-4,6-8,10,18H,5,9,11-14H2,1H3,(H,21,23)/t18-/m0/s1. The number of carbonyl (C=O) groups is 2. The van der Waals surface area contributed by atoms with E-state index in [4.69, 9.17) is 0 Å². The predicted molar refractivity (Wildman–Crippen MR) is 95.7 cm³/mol. The zero-order valence-corrected chi connectivity index (χ0v) is 14.1. The van der Waals surface area contributed by atoms with Gasteiger partial charge in [-0.15, -0.1) is 0 Å². The SMILES string of the molecule is CC(=O)NCCC(=O)N1CCC[C@H]1Cc1cccc2ccccc12. The van der Waals surface area contributed by atoms with Gasteiger partial charge in [0.05, 0.1) is 0 Å². The van der Waals surface area contributed by atoms with E-state index in [-0.39, 0.29) is 17.9 Å². The lowest BCUT2D eigenvalue weighted by molar-refractivity contribution is -0.131. The summed E-state index contributed by atoms with van der Waals surface area (Å²) in [5.41, 5.74) is 1.31. The highest BCUT2D eigenvalue weighted by molar-refractivity contribution is 5.86. The first-order valence-electron chi connectivity index (χ1n) is 8.65. The van der Waals surface area contributed by atoms with Crippen LogP contribution in [-0.4, -0.2) is 35.8 Å². The van der Waals surface area contributed by atoms with Crippen molar-refractivity contribution in [2.24, 2.45) is 0 Å². The normalized spacial score (nSPS) is 17.2. The van der Waals surface area contributed by atoms with Crippen molar-refractivity contribution in [3.63, 3.8) is 0 Å². The Morgan fingerprint density at radius 2 is 1.96 bits per heavy atom. The molecule has 0 unspecified atom stereocenters. The molecule has 0 aliphatic carbocycles. The van der Waals surface area contributed by atoms with Crippen LogP contribution in [0.5, 0.6) is 0 Å². The Morgan fingerprint density at radius 1 is 1.17 bits per heavy atom. The Morgan fingerprint density at radius 3 is 2.79 bits per heavy atom. The molecule has 24 heavy (non-hydrogen) atoms. The molecular weight excluding hydrogens is 300 g/mol. The molecule has 0 saturated carbocycles. The van der Waals surface area contributed by atoms with Gasteiger partial charge < -0.3 is 10.2 Å². The van der Waals surface area contributed by atoms with Crippen molar-refractivity contribution in [3.05, 3.63) is 48.0 Å². The lowest BCUT2D eigenvalue weighted by atomic mass is 9.97. The predicted octanol–water partition coefficient (Wildman–Crippen LogP) is 2.90. The molecular formula is C20H24N2O2. The number of carbonyl (C=O) groups excluding carboxylic acids is 2. The molecule has 0 spiro atoms. The molecule has 0 radical (unpaired) electrons. The van der Waals surface area contributed by atoms with E-state index in [1.165, 1.54) is 23.3 Å². The zero-order chi connectivity index (χ0) is 16.9. The summed E-state index contributed by atoms with van der Waals surface area (Å²) in [6.07, 6.45) is 3.38. The second kappa shape index (κ2) is 7.47. The van der Waals surface area contributed by atoms with Crippen molar-refractivity contribution in [2.45, 2.75) is 38.6 Å². The zero-order valence-electron chi connectivity index (χ0n) is 14.1. The van der Waals surface area contributed by atoms with Crippen LogP contribution in [0.25, 0.3) is 10.8 Å². The molecule has 126 valence electrons. The van der Waals surface area contributed by atoms with Gasteiger partial charge in [0.1, 0.15) is 0 Å². The van der Waals surface area contributed by atoms with Crippen molar-refractivity contribution in [3.8, 4) is 0 Å². The van der Waals surface area contributed by atoms with Gasteiger partial charge in [0.15, 0.2) is 0 Å². The van der Waals surface area contributed by atoms with Gasteiger partial charge in [-0.2, -0.15) is 0 Å². The van der Waals surface area contributed by atoms with Gasteiger partial charge in [-0.3, -0.25) is 9.59 Å². The van der Waals surface area contributed by atoms with Gasteiger partial charge in [0.25, 0.3) is 0 Å². The van der Waals surface area contributed by atoms with Crippen LogP contribution in [0, 0.1) is 0 Å². The lowest BCUT2D eigenvalue weighted by Gasteiger charge is -2.25. The fraction of sp³-hybridized carbons (Fsp3) is 0.400. The highest BCUT2D eigenvalue weighted by Gasteiger charge is 2.28. The summed E-state index contributed by atoms with van der Waals surface area (Å²) in [7, 11) is 0. The highest BCUT2D eigenvalue weighted by Crippen LogP contribution is 2.26. The fourth-order valence-electron chi connectivity index (χ4n) is 3.59. The van der Waals surface area contributed by atoms with Gasteiger partial charge in [-0.1, -0.05) is 42.5 Å². The molecule has 1 aliphatic heterocycles. The van der Waals surface area contributed by atoms with E-state index < -0.39 is 0 Å². The van der Waals surface area contributed by atoms with E-state index in [1.807, 2.05) is 4.90 Å². The second-order valence-electron chi connectivity index (χ2n) is 6.46. The minimum atomic E-state index is -0.0865. The molecule has 0 aromatic heterocycles. The quantitative estimate of drug-likeness (QED) is 0.919. The van der Waals surface area contributed by atoms with Gasteiger partial charge in [-0.25, -0.2) is 0 Å². The summed E-state index contributed by atoms with van der Waals surface area (Å²) < 4.78 is 0. The summed E-state index contributed by atoms with van der Waals surface area (Å²) in [4.78, 5) is 25.4. The van der Waals surface area contributed by atoms with Crippen LogP contribution < -0.4 is 5.32 Å². The first-order chi connectivity index (χ1) is 11.6. The molecule has 1 saturated heterocycles. The lowest BCUT2D eigenvalue weighted by Crippen LogP contribution is -2.38. The molecule has 4 heteroatoms. The van der Waals surface area contributed by atoms with Crippen molar-refractivity contribution in [2.75, 3.05) is 13.1 Å². The van der Waals surface area contributed by atoms with E-state index in [0.717, 1.165) is 25.8 Å². The molecule has 2 amide bonds. The second-order valence-corrected chi connectivity index (χ2v) is 6.46. The number of nitrogens with zero attached hydrogens (tertiary/aromatic N) is 1. The Balaban J connectivity index is 1.69. The third kappa shape index (κ3) is 3.75. The van der Waals surface area contributed by atoms with Crippen molar-refractivity contribution < 1.29 is 9.59 Å². The third-order valence-corrected chi connectivity index (χ3v) is 4.75. The van der Waals surface area contributed by atoms with Gasteiger partial charge >= 0.3 is 0 Å². The number of hydrogen-bond acceptors (Lipinski definition) is 2. The minimum Gasteiger partial charge on any atom is -0.356 e. The third-order valence-electron chi connectivity index (χ3n) is 4.75. The first kappa shape index (κ1) is 16.5. The fourth-order valence-corrected chi connectivity index (χ4v) is 3.59. The van der Waals surface area contributed by atoms with Crippen LogP contribution >= 0.6 is 0 Å². The molecule has 1 fully saturated rings. The largest absolute Gasteiger partial charge is 0.356 e. The molecule has 4 nitrogen and oxygen atoms in total. The topological polar surface area (TPSA) is 49.4 Å². The van der Waals surface area contributed by atoms with Crippen LogP contribution in [0.15, 0.2) is 42.5 Å². The van der Waals surface area contributed by atoms with Crippen LogP contribution in [0.3, 0.4) is 0 Å². The van der Waals surface area contributed by atoms with E-state index in [0.29, 0.717) is 13.0 Å². The number of hydrogen-bond donors (Lipinski definition) is 1. The average Bonchev–Trinajstić information content (AvgIpc) is 3.03. The highest BCUT2D eigenvalue weighted by atomic mass is 16.2. The average molecular weight is 324 g/mol. The maximum Gasteiger partial charge on any atom is 0.224 e. The van der Waals surface area contributed by atoms with Crippen LogP contribution in [-0.2, 0) is 16.0 Å². The molecule has 1 atom stereocenters. The Bertz CT molecular complexity index is 736. The minimum absolute atomic E-state index is 0.0865. The number of fused-ring (bicyclic) bond motifs is 1. The number of rotatable bonds is 5. The monoisotopic (exact) mass is 324 g/mol. The summed E-state index contributed by atoms with van der Waals surface area (Å²) >= 11 is 0. The Hall–Kier alpha value is -2.36. The molecule has 2 aromatic rings. The summed E-state index contributed by atoms with van der Waals surface area (Å²) in [5.74, 6) is 0.0583. The first-order valence-corrected chi connectivity index (χ1v) is 8.65. The molecule has 3 rings (SSSR count). The number of nitrogens with one attached hydrogen (secondary N) is 1. The van der Waals surface area contributed by atoms with Gasteiger partial charge in [0.2, 0.25) is 11.8 Å². The van der Waals surface area contributed by atoms with Crippen LogP contribution in [0.1, 0.15) is 31.7 Å². The Labute approximate surface area is 142 Å². The van der Waals surface area contributed by atoms with Crippen LogP contribution in [0.2, 0.25) is 0 Å². The van der Waals surface area contributed by atoms with Crippen molar-refractivity contribution >= 4 is 22.6 Å². The van der Waals surface area contributed by atoms with Crippen molar-refractivity contribution in [1.29, 1.82) is 0 Å². The summed E-state index contributed by atoms with van der Waals surface area (Å²) in [6, 6.07) is 15.1. The molecule has 2 aromatic carbocycles. The number of benzene rings is 2. The van der Waals surface area contributed by atoms with E-state index in [1.54, 1.807) is 0 Å². The number of amides is 2. The maximum absolute atomic E-state index is 12.5. The van der Waals surface area contributed by atoms with E-state index >= 15 is 0 Å². The summed E-state index contributed by atoms with van der Waals surface area (Å²) in [5, 5.41) is 5.22. The van der Waals surface area contributed by atoms with Gasteiger partial charge in [0, 0.05) is 32.5 Å². The Kier molecular flexibility index (Phi) is 5.14. The molecule has 1 heterocycles. The smallest absolute Gasteiger partial charge is 0.224 e. The van der Waals surface area contributed by atoms with Crippen LogP contribution in [0.4, 0.5) is 0 Å². The molecule has 1 aliphatic rings. The van der Waals surface area contributed by atoms with E-state index in [2.05, 4.69) is 47.8 Å². The molecule has 0 bridgehead atoms. The molecule has 1 N–H and O–H groups in total. The summed E-state index contributed by atoms with van der Waals surface area (Å²) in [6.45, 7) is 2.73. The van der Waals surface area contributed by atoms with Gasteiger partial charge in [-0.05, 0) is 35.6 Å². The maximum atomic E-state index is 12.5. The number of likely N-dealkylation sites (tertiary alicyclic amines) is 1.